The summed E-state index contributed by atoms with van der Waals surface area (Å²) in [6, 6.07) is 25.5. The van der Waals surface area contributed by atoms with Crippen LogP contribution in [0.4, 0.5) is 0 Å². The summed E-state index contributed by atoms with van der Waals surface area (Å²) < 4.78 is 2.29. The normalized spacial score (nSPS) is 12.4. The highest BCUT2D eigenvalue weighted by Crippen LogP contribution is 2.27. The monoisotopic (exact) mass is 436 g/mol. The van der Waals surface area contributed by atoms with Gasteiger partial charge in [-0.3, -0.25) is 0 Å². The molecule has 0 bridgehead atoms. The maximum Gasteiger partial charge on any atom is 0.0595 e. The first kappa shape index (κ1) is 21.0. The third kappa shape index (κ3) is 4.73. The van der Waals surface area contributed by atoms with Crippen LogP contribution in [-0.4, -0.2) is 4.57 Å². The van der Waals surface area contributed by atoms with E-state index in [0.29, 0.717) is 16.1 Å². The minimum Gasteiger partial charge on any atom is -0.343 e. The summed E-state index contributed by atoms with van der Waals surface area (Å²) in [6.45, 7) is 3.82. The van der Waals surface area contributed by atoms with Gasteiger partial charge in [0, 0.05) is 36.2 Å². The van der Waals surface area contributed by atoms with Gasteiger partial charge in [0.1, 0.15) is 0 Å². The Kier molecular flexibility index (Phi) is 6.79. The Morgan fingerprint density at radius 2 is 1.67 bits per heavy atom. The molecule has 3 aromatic carbocycles. The molecule has 1 N–H and O–H groups in total. The highest BCUT2D eigenvalue weighted by atomic mass is 35.5. The lowest BCUT2D eigenvalue weighted by molar-refractivity contribution is 0.494. The highest BCUT2D eigenvalue weighted by Gasteiger charge is 2.13. The number of hydrogen-bond acceptors (Lipinski definition) is 1. The average Bonchev–Trinajstić information content (AvgIpc) is 3.12. The number of aromatic nitrogens is 1. The minimum absolute atomic E-state index is 0.355. The molecule has 30 heavy (non-hydrogen) atoms. The third-order valence-electron chi connectivity index (χ3n) is 5.53. The highest BCUT2D eigenvalue weighted by molar-refractivity contribution is 6.42. The Morgan fingerprint density at radius 1 is 0.900 bits per heavy atom. The zero-order chi connectivity index (χ0) is 20.9. The summed E-state index contributed by atoms with van der Waals surface area (Å²) in [7, 11) is 0. The number of fused-ring (bicyclic) bond motifs is 1. The Morgan fingerprint density at radius 3 is 2.43 bits per heavy atom. The van der Waals surface area contributed by atoms with E-state index < -0.39 is 0 Å². The van der Waals surface area contributed by atoms with Crippen LogP contribution in [-0.2, 0) is 13.1 Å². The number of hydrogen-bond donors (Lipinski definition) is 1. The van der Waals surface area contributed by atoms with Gasteiger partial charge in [-0.2, -0.15) is 0 Å². The zero-order valence-electron chi connectivity index (χ0n) is 17.1. The van der Waals surface area contributed by atoms with E-state index in [0.717, 1.165) is 31.5 Å². The van der Waals surface area contributed by atoms with E-state index >= 15 is 0 Å². The molecule has 1 aromatic heterocycles. The SMILES string of the molecule is CCC[C@H](NCc1cn(Cc2ccc(Cl)c(Cl)c2)c2ccccc12)c1ccccc1. The number of nitrogens with zero attached hydrogens (tertiary/aromatic N) is 1. The fourth-order valence-corrected chi connectivity index (χ4v) is 4.34. The van der Waals surface area contributed by atoms with Crippen LogP contribution < -0.4 is 5.32 Å². The van der Waals surface area contributed by atoms with E-state index in [1.54, 1.807) is 0 Å². The molecule has 0 saturated heterocycles. The van der Waals surface area contributed by atoms with Crippen molar-refractivity contribution in [1.82, 2.24) is 9.88 Å². The molecule has 4 aromatic rings. The molecule has 154 valence electrons. The van der Waals surface area contributed by atoms with Crippen LogP contribution in [0.5, 0.6) is 0 Å². The second-order valence-electron chi connectivity index (χ2n) is 7.68. The van der Waals surface area contributed by atoms with Crippen LogP contribution in [0.25, 0.3) is 10.9 Å². The van der Waals surface area contributed by atoms with Gasteiger partial charge < -0.3 is 9.88 Å². The van der Waals surface area contributed by atoms with E-state index in [2.05, 4.69) is 77.6 Å². The lowest BCUT2D eigenvalue weighted by atomic mass is 10.0. The van der Waals surface area contributed by atoms with Gasteiger partial charge in [-0.25, -0.2) is 0 Å². The Balaban J connectivity index is 1.59. The fraction of sp³-hybridized carbons (Fsp3) is 0.231. The van der Waals surface area contributed by atoms with Gasteiger partial charge in [0.25, 0.3) is 0 Å². The predicted molar refractivity (Wildman–Crippen MR) is 128 cm³/mol. The standard InChI is InChI=1S/C26H26Cl2N2/c1-2-8-25(20-9-4-3-5-10-20)29-16-21-18-30(26-12-7-6-11-22(21)26)17-19-13-14-23(27)24(28)15-19/h3-7,9-15,18,25,29H,2,8,16-17H2,1H3/t25-/m0/s1. The van der Waals surface area contributed by atoms with Crippen molar-refractivity contribution in [3.05, 3.63) is 106 Å². The summed E-state index contributed by atoms with van der Waals surface area (Å²) in [4.78, 5) is 0. The van der Waals surface area contributed by atoms with Crippen LogP contribution in [0.1, 0.15) is 42.5 Å². The maximum absolute atomic E-state index is 6.22. The van der Waals surface area contributed by atoms with Crippen LogP contribution >= 0.6 is 23.2 Å². The van der Waals surface area contributed by atoms with Crippen LogP contribution in [0.15, 0.2) is 79.0 Å². The van der Waals surface area contributed by atoms with Gasteiger partial charge in [0.15, 0.2) is 0 Å². The molecule has 0 aliphatic rings. The Hall–Kier alpha value is -2.26. The fourth-order valence-electron chi connectivity index (χ4n) is 4.02. The first-order chi connectivity index (χ1) is 14.7. The van der Waals surface area contributed by atoms with Crippen molar-refractivity contribution in [3.63, 3.8) is 0 Å². The average molecular weight is 437 g/mol. The smallest absolute Gasteiger partial charge is 0.0595 e. The zero-order valence-corrected chi connectivity index (χ0v) is 18.6. The van der Waals surface area contributed by atoms with Gasteiger partial charge in [-0.05, 0) is 41.3 Å². The van der Waals surface area contributed by atoms with Crippen molar-refractivity contribution in [2.24, 2.45) is 0 Å². The molecular weight excluding hydrogens is 411 g/mol. The molecule has 0 unspecified atom stereocenters. The van der Waals surface area contributed by atoms with Crippen molar-refractivity contribution >= 4 is 34.1 Å². The van der Waals surface area contributed by atoms with E-state index in [1.807, 2.05) is 18.2 Å². The molecule has 0 aliphatic carbocycles. The number of para-hydroxylation sites is 1. The molecule has 0 saturated carbocycles. The summed E-state index contributed by atoms with van der Waals surface area (Å²) in [5.74, 6) is 0. The molecule has 0 amide bonds. The third-order valence-corrected chi connectivity index (χ3v) is 6.27. The second kappa shape index (κ2) is 9.70. The molecule has 0 spiro atoms. The molecule has 1 atom stereocenters. The van der Waals surface area contributed by atoms with E-state index in [1.165, 1.54) is 22.0 Å². The van der Waals surface area contributed by atoms with Gasteiger partial charge >= 0.3 is 0 Å². The van der Waals surface area contributed by atoms with Crippen LogP contribution in [0.3, 0.4) is 0 Å². The largest absolute Gasteiger partial charge is 0.343 e. The molecular formula is C26H26Cl2N2. The molecule has 0 aliphatic heterocycles. The number of benzene rings is 3. The second-order valence-corrected chi connectivity index (χ2v) is 8.50. The Bertz CT molecular complexity index is 1120. The number of rotatable bonds is 8. The molecule has 0 radical (unpaired) electrons. The van der Waals surface area contributed by atoms with Gasteiger partial charge in [0.2, 0.25) is 0 Å². The number of halogens is 2. The summed E-state index contributed by atoms with van der Waals surface area (Å²) >= 11 is 12.3. The molecule has 2 nitrogen and oxygen atoms in total. The minimum atomic E-state index is 0.355. The Labute approximate surface area is 188 Å². The van der Waals surface area contributed by atoms with Gasteiger partial charge in [-0.1, -0.05) is 91.1 Å². The van der Waals surface area contributed by atoms with Crippen molar-refractivity contribution in [2.75, 3.05) is 0 Å². The molecule has 1 heterocycles. The van der Waals surface area contributed by atoms with Crippen molar-refractivity contribution in [3.8, 4) is 0 Å². The van der Waals surface area contributed by atoms with Crippen molar-refractivity contribution in [2.45, 2.75) is 38.9 Å². The van der Waals surface area contributed by atoms with Crippen LogP contribution in [0, 0.1) is 0 Å². The van der Waals surface area contributed by atoms with E-state index in [4.69, 9.17) is 23.2 Å². The van der Waals surface area contributed by atoms with Crippen LogP contribution in [0.2, 0.25) is 10.0 Å². The molecule has 4 heteroatoms. The van der Waals surface area contributed by atoms with E-state index in [9.17, 15) is 0 Å². The first-order valence-electron chi connectivity index (χ1n) is 10.4. The lowest BCUT2D eigenvalue weighted by Crippen LogP contribution is -2.20. The lowest BCUT2D eigenvalue weighted by Gasteiger charge is -2.18. The summed E-state index contributed by atoms with van der Waals surface area (Å²) in [6.07, 6.45) is 4.52. The predicted octanol–water partition coefficient (Wildman–Crippen LogP) is 7.63. The molecule has 0 fully saturated rings. The quantitative estimate of drug-likeness (QED) is 0.300. The number of nitrogens with one attached hydrogen (secondary N) is 1. The summed E-state index contributed by atoms with van der Waals surface area (Å²) in [5, 5.41) is 6.26. The van der Waals surface area contributed by atoms with Gasteiger partial charge in [-0.15, -0.1) is 0 Å². The summed E-state index contributed by atoms with van der Waals surface area (Å²) in [5.41, 5.74) is 5.02. The topological polar surface area (TPSA) is 17.0 Å². The van der Waals surface area contributed by atoms with Crippen molar-refractivity contribution in [1.29, 1.82) is 0 Å². The first-order valence-corrected chi connectivity index (χ1v) is 11.2. The maximum atomic E-state index is 6.22. The van der Waals surface area contributed by atoms with Crippen molar-refractivity contribution < 1.29 is 0 Å². The molecule has 4 rings (SSSR count). The van der Waals surface area contributed by atoms with Gasteiger partial charge in [0.05, 0.1) is 10.0 Å². The van der Waals surface area contributed by atoms with E-state index in [-0.39, 0.29) is 0 Å².